The topological polar surface area (TPSA) is 43.8 Å². The lowest BCUT2D eigenvalue weighted by molar-refractivity contribution is 0.254. The van der Waals surface area contributed by atoms with Crippen molar-refractivity contribution in [3.8, 4) is 0 Å². The largest absolute Gasteiger partial charge is 0.330 e. The fourth-order valence-electron chi connectivity index (χ4n) is 3.66. The van der Waals surface area contributed by atoms with Gasteiger partial charge in [-0.15, -0.1) is 0 Å². The molecule has 0 saturated heterocycles. The predicted octanol–water partition coefficient (Wildman–Crippen LogP) is 3.88. The number of hydrogen-bond donors (Lipinski definition) is 1. The second-order valence-electron chi connectivity index (χ2n) is 6.92. The molecule has 3 heteroatoms. The van der Waals surface area contributed by atoms with Crippen molar-refractivity contribution in [3.63, 3.8) is 0 Å². The molecule has 0 radical (unpaired) electrons. The van der Waals surface area contributed by atoms with Gasteiger partial charge in [0.2, 0.25) is 0 Å². The third-order valence-electron chi connectivity index (χ3n) is 4.91. The van der Waals surface area contributed by atoms with Crippen molar-refractivity contribution in [3.05, 3.63) is 54.1 Å². The normalized spacial score (nSPS) is 22.3. The molecule has 21 heavy (non-hydrogen) atoms. The Morgan fingerprint density at radius 2 is 2.10 bits per heavy atom. The van der Waals surface area contributed by atoms with Gasteiger partial charge in [-0.25, -0.2) is 4.98 Å². The second kappa shape index (κ2) is 5.64. The zero-order chi connectivity index (χ0) is 14.9. The Balaban J connectivity index is 1.82. The summed E-state index contributed by atoms with van der Waals surface area (Å²) in [4.78, 5) is 4.38. The number of nitrogens with two attached hydrogens (primary N) is 1. The summed E-state index contributed by atoms with van der Waals surface area (Å²) in [5.41, 5.74) is 9.25. The third-order valence-corrected chi connectivity index (χ3v) is 4.91. The predicted molar refractivity (Wildman–Crippen MR) is 86.0 cm³/mol. The molecule has 0 aliphatic heterocycles. The first kappa shape index (κ1) is 14.3. The maximum Gasteiger partial charge on any atom is 0.0951 e. The van der Waals surface area contributed by atoms with Gasteiger partial charge >= 0.3 is 0 Å². The molecular formula is C18H25N3. The summed E-state index contributed by atoms with van der Waals surface area (Å²) in [5.74, 6) is 0. The monoisotopic (exact) mass is 283 g/mol. The fraction of sp³-hybridized carbons (Fsp3) is 0.500. The summed E-state index contributed by atoms with van der Waals surface area (Å²) in [6.45, 7) is 4.72. The summed E-state index contributed by atoms with van der Waals surface area (Å²) in [6, 6.07) is 11.0. The highest BCUT2D eigenvalue weighted by Gasteiger charge is 2.36. The highest BCUT2D eigenvalue weighted by atomic mass is 15.1. The number of rotatable bonds is 4. The molecule has 1 unspecified atom stereocenters. The van der Waals surface area contributed by atoms with Crippen molar-refractivity contribution < 1.29 is 0 Å². The SMILES string of the molecule is CC1(C)CCCC1n1cncc1[C@H](N)Cc1ccccc1. The fourth-order valence-corrected chi connectivity index (χ4v) is 3.66. The lowest BCUT2D eigenvalue weighted by atomic mass is 9.87. The summed E-state index contributed by atoms with van der Waals surface area (Å²) >= 11 is 0. The van der Waals surface area contributed by atoms with Gasteiger partial charge in [-0.1, -0.05) is 50.6 Å². The first-order valence-electron chi connectivity index (χ1n) is 7.89. The molecule has 2 N–H and O–H groups in total. The molecule has 1 saturated carbocycles. The van der Waals surface area contributed by atoms with E-state index in [0.29, 0.717) is 11.5 Å². The van der Waals surface area contributed by atoms with E-state index in [2.05, 4.69) is 47.7 Å². The smallest absolute Gasteiger partial charge is 0.0951 e. The van der Waals surface area contributed by atoms with Crippen LogP contribution in [0.1, 0.15) is 56.5 Å². The number of aromatic nitrogens is 2. The minimum absolute atomic E-state index is 0.00583. The van der Waals surface area contributed by atoms with Crippen molar-refractivity contribution in [2.45, 2.75) is 51.6 Å². The average Bonchev–Trinajstić information content (AvgIpc) is 3.05. The minimum atomic E-state index is 0.00583. The first-order chi connectivity index (χ1) is 10.1. The molecule has 1 heterocycles. The Kier molecular flexibility index (Phi) is 3.85. The van der Waals surface area contributed by atoms with E-state index in [4.69, 9.17) is 5.73 Å². The van der Waals surface area contributed by atoms with E-state index in [0.717, 1.165) is 6.42 Å². The average molecular weight is 283 g/mol. The van der Waals surface area contributed by atoms with Crippen LogP contribution in [0.15, 0.2) is 42.9 Å². The highest BCUT2D eigenvalue weighted by molar-refractivity contribution is 5.19. The van der Waals surface area contributed by atoms with Gasteiger partial charge in [0.1, 0.15) is 0 Å². The van der Waals surface area contributed by atoms with E-state index >= 15 is 0 Å². The number of hydrogen-bond acceptors (Lipinski definition) is 2. The van der Waals surface area contributed by atoms with Crippen LogP contribution in [0.4, 0.5) is 0 Å². The van der Waals surface area contributed by atoms with Crippen molar-refractivity contribution in [2.75, 3.05) is 0 Å². The Morgan fingerprint density at radius 3 is 2.76 bits per heavy atom. The van der Waals surface area contributed by atoms with Crippen LogP contribution >= 0.6 is 0 Å². The molecule has 2 aromatic rings. The number of benzene rings is 1. The quantitative estimate of drug-likeness (QED) is 0.925. The van der Waals surface area contributed by atoms with Crippen molar-refractivity contribution in [1.82, 2.24) is 9.55 Å². The second-order valence-corrected chi connectivity index (χ2v) is 6.92. The highest BCUT2D eigenvalue weighted by Crippen LogP contribution is 2.46. The maximum atomic E-state index is 6.47. The van der Waals surface area contributed by atoms with Crippen LogP contribution in [0.5, 0.6) is 0 Å². The van der Waals surface area contributed by atoms with Crippen LogP contribution in [0.2, 0.25) is 0 Å². The standard InChI is InChI=1S/C18H25N3/c1-18(2)10-6-9-17(18)21-13-20-12-16(21)15(19)11-14-7-4-3-5-8-14/h3-5,7-8,12-13,15,17H,6,9-11,19H2,1-2H3/t15-,17?/m1/s1. The minimum Gasteiger partial charge on any atom is -0.330 e. The summed E-state index contributed by atoms with van der Waals surface area (Å²) in [6.07, 6.45) is 8.58. The van der Waals surface area contributed by atoms with Crippen LogP contribution in [0.25, 0.3) is 0 Å². The van der Waals surface area contributed by atoms with Gasteiger partial charge in [0, 0.05) is 12.2 Å². The van der Waals surface area contributed by atoms with Crippen LogP contribution in [0.3, 0.4) is 0 Å². The Morgan fingerprint density at radius 1 is 1.33 bits per heavy atom. The van der Waals surface area contributed by atoms with Gasteiger partial charge in [-0.2, -0.15) is 0 Å². The van der Waals surface area contributed by atoms with Crippen LogP contribution < -0.4 is 5.73 Å². The molecule has 2 atom stereocenters. The van der Waals surface area contributed by atoms with Gasteiger partial charge in [0.05, 0.1) is 18.1 Å². The molecule has 0 spiro atoms. The van der Waals surface area contributed by atoms with E-state index in [9.17, 15) is 0 Å². The number of imidazole rings is 1. The molecule has 3 nitrogen and oxygen atoms in total. The lowest BCUT2D eigenvalue weighted by Crippen LogP contribution is -2.26. The van der Waals surface area contributed by atoms with E-state index in [-0.39, 0.29) is 6.04 Å². The maximum absolute atomic E-state index is 6.47. The molecule has 3 rings (SSSR count). The van der Waals surface area contributed by atoms with Crippen LogP contribution in [-0.2, 0) is 6.42 Å². The van der Waals surface area contributed by atoms with Crippen molar-refractivity contribution in [1.29, 1.82) is 0 Å². The van der Waals surface area contributed by atoms with Crippen LogP contribution in [-0.4, -0.2) is 9.55 Å². The Labute approximate surface area is 127 Å². The van der Waals surface area contributed by atoms with Crippen molar-refractivity contribution in [2.24, 2.45) is 11.1 Å². The Hall–Kier alpha value is -1.61. The molecule has 1 aliphatic carbocycles. The van der Waals surface area contributed by atoms with Crippen molar-refractivity contribution >= 4 is 0 Å². The first-order valence-corrected chi connectivity index (χ1v) is 7.89. The zero-order valence-corrected chi connectivity index (χ0v) is 13.0. The zero-order valence-electron chi connectivity index (χ0n) is 13.0. The summed E-state index contributed by atoms with van der Waals surface area (Å²) in [5, 5.41) is 0. The van der Waals surface area contributed by atoms with Gasteiger partial charge in [-0.3, -0.25) is 0 Å². The molecule has 1 aromatic heterocycles. The Bertz CT molecular complexity index is 586. The van der Waals surface area contributed by atoms with Gasteiger partial charge in [0.15, 0.2) is 0 Å². The summed E-state index contributed by atoms with van der Waals surface area (Å²) < 4.78 is 2.33. The molecular weight excluding hydrogens is 258 g/mol. The van der Waals surface area contributed by atoms with Gasteiger partial charge < -0.3 is 10.3 Å². The van der Waals surface area contributed by atoms with E-state index in [1.165, 1.54) is 30.5 Å². The van der Waals surface area contributed by atoms with Crippen LogP contribution in [0, 0.1) is 5.41 Å². The van der Waals surface area contributed by atoms with E-state index in [1.54, 1.807) is 0 Å². The summed E-state index contributed by atoms with van der Waals surface area (Å²) in [7, 11) is 0. The molecule has 1 aliphatic rings. The third kappa shape index (κ3) is 2.88. The molecule has 112 valence electrons. The molecule has 0 bridgehead atoms. The molecule has 1 aromatic carbocycles. The van der Waals surface area contributed by atoms with E-state index < -0.39 is 0 Å². The lowest BCUT2D eigenvalue weighted by Gasteiger charge is -2.30. The molecule has 0 amide bonds. The number of nitrogens with zero attached hydrogens (tertiary/aromatic N) is 2. The van der Waals surface area contributed by atoms with Gasteiger partial charge in [-0.05, 0) is 30.2 Å². The van der Waals surface area contributed by atoms with E-state index in [1.807, 2.05) is 18.6 Å². The van der Waals surface area contributed by atoms with Gasteiger partial charge in [0.25, 0.3) is 0 Å². The molecule has 1 fully saturated rings.